The smallest absolute Gasteiger partial charge is 0.356 e. The first-order valence-electron chi connectivity index (χ1n) is 0.548. The van der Waals surface area contributed by atoms with E-state index in [0.29, 0.717) is 0 Å². The maximum absolute atomic E-state index is 8.25. The summed E-state index contributed by atoms with van der Waals surface area (Å²) in [6, 6.07) is 0. The molecular formula is H6CeN3O3+2. The second-order valence-corrected chi connectivity index (χ2v) is 0.224. The van der Waals surface area contributed by atoms with Crippen molar-refractivity contribution in [3.05, 3.63) is 15.3 Å². The summed E-state index contributed by atoms with van der Waals surface area (Å²) in [5, 5.41) is 14.8. The van der Waals surface area contributed by atoms with Crippen molar-refractivity contribution in [1.29, 1.82) is 0 Å². The van der Waals surface area contributed by atoms with Crippen LogP contribution < -0.4 is 12.3 Å². The Bertz CT molecular complexity index is 33.2. The summed E-state index contributed by atoms with van der Waals surface area (Å²) in [6.07, 6.45) is 0. The van der Waals surface area contributed by atoms with Crippen molar-refractivity contribution in [2.24, 2.45) is 0 Å². The van der Waals surface area contributed by atoms with Crippen molar-refractivity contribution in [3.8, 4) is 0 Å². The second kappa shape index (κ2) is 16.1. The molecule has 7 heteroatoms. The first-order chi connectivity index (χ1) is 1.73. The van der Waals surface area contributed by atoms with E-state index in [1.54, 1.807) is 0 Å². The van der Waals surface area contributed by atoms with Crippen LogP contribution in [0, 0.1) is 57.1 Å². The van der Waals surface area contributed by atoms with Crippen LogP contribution in [-0.4, -0.2) is 5.09 Å². The van der Waals surface area contributed by atoms with Crippen molar-refractivity contribution < 1.29 is 46.8 Å². The predicted octanol–water partition coefficient (Wildman–Crippen LogP) is 0.0849. The zero-order valence-electron chi connectivity index (χ0n) is 3.59. The van der Waals surface area contributed by atoms with Gasteiger partial charge in [0.15, 0.2) is 0 Å². The minimum absolute atomic E-state index is 0. The summed E-state index contributed by atoms with van der Waals surface area (Å²) >= 11 is 0. The molecule has 0 heterocycles. The van der Waals surface area contributed by atoms with Gasteiger partial charge in [-0.05, 0) is 0 Å². The molecule has 1 radical (unpaired) electrons. The topological polar surface area (TPSA) is 136 Å². The van der Waals surface area contributed by atoms with Crippen LogP contribution in [0.5, 0.6) is 0 Å². The van der Waals surface area contributed by atoms with E-state index in [0.717, 1.165) is 0 Å². The van der Waals surface area contributed by atoms with Crippen LogP contribution >= 0.6 is 0 Å². The molecule has 0 saturated carbocycles. The van der Waals surface area contributed by atoms with E-state index < -0.39 is 5.09 Å². The Morgan fingerprint density at radius 1 is 1.14 bits per heavy atom. The van der Waals surface area contributed by atoms with Crippen molar-refractivity contribution >= 4 is 0 Å². The summed E-state index contributed by atoms with van der Waals surface area (Å²) in [4.78, 5) is 8.25. The van der Waals surface area contributed by atoms with E-state index in [1.807, 2.05) is 0 Å². The van der Waals surface area contributed by atoms with Crippen LogP contribution in [0.4, 0.5) is 0 Å². The van der Waals surface area contributed by atoms with Gasteiger partial charge >= 0.3 is 41.7 Å². The molecule has 0 aliphatic rings. The zero-order chi connectivity index (χ0) is 3.58. The standard InChI is InChI=1S/Ce.NO3.2H3N/c;2-1(3)4;;/h;;2*1H3/q+3;-1;;. The van der Waals surface area contributed by atoms with E-state index in [-0.39, 0.29) is 54.0 Å². The Balaban J connectivity index is -0.0000000150. The predicted molar refractivity (Wildman–Crippen MR) is 20.4 cm³/mol. The Kier molecular flexibility index (Phi) is 59.4. The summed E-state index contributed by atoms with van der Waals surface area (Å²) < 4.78 is 0. The third-order valence-electron chi connectivity index (χ3n) is 0. The van der Waals surface area contributed by atoms with E-state index in [9.17, 15) is 0 Å². The average Bonchev–Trinajstić information content (AvgIpc) is 0.811. The Hall–Kier alpha value is 0.497. The second-order valence-electron chi connectivity index (χ2n) is 0.224. The SMILES string of the molecule is N.N.O=[N+]([O-])[O-].[Ce+3]. The van der Waals surface area contributed by atoms with E-state index >= 15 is 0 Å². The molecular weight excluding hydrogens is 230 g/mol. The van der Waals surface area contributed by atoms with Gasteiger partial charge in [-0.15, -0.1) is 0 Å². The summed E-state index contributed by atoms with van der Waals surface area (Å²) in [5.41, 5.74) is 0. The summed E-state index contributed by atoms with van der Waals surface area (Å²) in [7, 11) is 0. The Morgan fingerprint density at radius 3 is 1.14 bits per heavy atom. The minimum Gasteiger partial charge on any atom is -0.356 e. The first-order valence-corrected chi connectivity index (χ1v) is 0.548. The zero-order valence-corrected chi connectivity index (χ0v) is 6.73. The number of hydrogen-bond donors (Lipinski definition) is 2. The van der Waals surface area contributed by atoms with Crippen LogP contribution in [-0.2, 0) is 0 Å². The van der Waals surface area contributed by atoms with Crippen LogP contribution in [0.25, 0.3) is 0 Å². The van der Waals surface area contributed by atoms with Crippen LogP contribution in [0.1, 0.15) is 0 Å². The molecule has 0 aromatic rings. The van der Waals surface area contributed by atoms with Crippen molar-refractivity contribution in [3.63, 3.8) is 0 Å². The normalized spacial score (nSPS) is 3.43. The molecule has 0 saturated heterocycles. The molecule has 0 aromatic heterocycles. The number of rotatable bonds is 0. The van der Waals surface area contributed by atoms with Crippen molar-refractivity contribution in [1.82, 2.24) is 12.3 Å². The molecule has 0 amide bonds. The van der Waals surface area contributed by atoms with Gasteiger partial charge in [0.2, 0.25) is 0 Å². The fourth-order valence-electron chi connectivity index (χ4n) is 0. The van der Waals surface area contributed by atoms with Gasteiger partial charge in [-0.25, -0.2) is 0 Å². The number of hydrogen-bond acceptors (Lipinski definition) is 5. The molecule has 0 aromatic carbocycles. The molecule has 0 spiro atoms. The fourth-order valence-corrected chi connectivity index (χ4v) is 0. The molecule has 0 rings (SSSR count). The van der Waals surface area contributed by atoms with Gasteiger partial charge in [0.25, 0.3) is 0 Å². The minimum atomic E-state index is -1.75. The Labute approximate surface area is 73.9 Å². The van der Waals surface area contributed by atoms with Gasteiger partial charge in [-0.3, -0.25) is 0 Å². The molecule has 7 heavy (non-hydrogen) atoms. The van der Waals surface area contributed by atoms with Gasteiger partial charge in [0.1, 0.15) is 0 Å². The summed E-state index contributed by atoms with van der Waals surface area (Å²) in [5.74, 6) is 0. The van der Waals surface area contributed by atoms with Crippen LogP contribution in [0.2, 0.25) is 0 Å². The molecule has 0 aliphatic heterocycles. The van der Waals surface area contributed by atoms with E-state index in [4.69, 9.17) is 15.3 Å². The molecule has 0 fully saturated rings. The largest absolute Gasteiger partial charge is 3.00 e. The van der Waals surface area contributed by atoms with Gasteiger partial charge < -0.3 is 27.6 Å². The van der Waals surface area contributed by atoms with Gasteiger partial charge in [0.05, 0.1) is 5.09 Å². The van der Waals surface area contributed by atoms with E-state index in [2.05, 4.69) is 0 Å². The Morgan fingerprint density at radius 2 is 1.14 bits per heavy atom. The molecule has 6 N–H and O–H groups in total. The van der Waals surface area contributed by atoms with Gasteiger partial charge in [-0.1, -0.05) is 0 Å². The molecule has 0 aliphatic carbocycles. The third-order valence-corrected chi connectivity index (χ3v) is 0. The van der Waals surface area contributed by atoms with Crippen molar-refractivity contribution in [2.75, 3.05) is 0 Å². The van der Waals surface area contributed by atoms with Crippen LogP contribution in [0.15, 0.2) is 0 Å². The van der Waals surface area contributed by atoms with Crippen molar-refractivity contribution in [2.45, 2.75) is 0 Å². The van der Waals surface area contributed by atoms with Gasteiger partial charge in [-0.2, -0.15) is 0 Å². The van der Waals surface area contributed by atoms with Gasteiger partial charge in [0, 0.05) is 0 Å². The quantitative estimate of drug-likeness (QED) is 0.453. The third kappa shape index (κ3) is 533. The van der Waals surface area contributed by atoms with Crippen LogP contribution in [0.3, 0.4) is 0 Å². The molecule has 41 valence electrons. The number of nitrogens with zero attached hydrogens (tertiary/aromatic N) is 1. The maximum atomic E-state index is 8.25. The fraction of sp³-hybridized carbons (Fsp3) is 0. The molecule has 0 bridgehead atoms. The van der Waals surface area contributed by atoms with E-state index in [1.165, 1.54) is 0 Å². The maximum Gasteiger partial charge on any atom is 3.00 e. The first kappa shape index (κ1) is 25.9. The summed E-state index contributed by atoms with van der Waals surface area (Å²) in [6.45, 7) is 0. The monoisotopic (exact) mass is 236 g/mol. The molecule has 0 atom stereocenters. The average molecular weight is 236 g/mol. The molecule has 6 nitrogen and oxygen atoms in total. The molecule has 0 unspecified atom stereocenters.